The van der Waals surface area contributed by atoms with E-state index in [0.29, 0.717) is 18.0 Å². The Balaban J connectivity index is 1.40. The number of nitrogens with one attached hydrogen (secondary N) is 1. The number of benzene rings is 2. The molecule has 0 saturated heterocycles. The molecule has 0 fully saturated rings. The number of carbonyl (C=O) groups excluding carboxylic acids is 1. The molecule has 1 N–H and O–H groups in total. The van der Waals surface area contributed by atoms with Crippen molar-refractivity contribution in [3.05, 3.63) is 53.1 Å². The number of rotatable bonds is 4. The number of amides is 1. The highest BCUT2D eigenvalue weighted by Crippen LogP contribution is 2.40. The van der Waals surface area contributed by atoms with Crippen LogP contribution < -0.4 is 19.5 Å². The zero-order valence-corrected chi connectivity index (χ0v) is 14.4. The summed E-state index contributed by atoms with van der Waals surface area (Å²) in [4.78, 5) is 12.6. The van der Waals surface area contributed by atoms with Crippen LogP contribution >= 0.6 is 0 Å². The van der Waals surface area contributed by atoms with Crippen molar-refractivity contribution < 1.29 is 19.0 Å². The third kappa shape index (κ3) is 2.90. The van der Waals surface area contributed by atoms with Crippen LogP contribution in [0.2, 0.25) is 0 Å². The monoisotopic (exact) mass is 339 g/mol. The summed E-state index contributed by atoms with van der Waals surface area (Å²) in [5.74, 6) is 2.47. The molecule has 0 radical (unpaired) electrons. The molecule has 0 aromatic heterocycles. The van der Waals surface area contributed by atoms with E-state index < -0.39 is 0 Å². The number of hydrogen-bond acceptors (Lipinski definition) is 4. The molecule has 2 aliphatic heterocycles. The first-order valence-corrected chi connectivity index (χ1v) is 8.60. The lowest BCUT2D eigenvalue weighted by Crippen LogP contribution is -2.26. The summed E-state index contributed by atoms with van der Waals surface area (Å²) in [6.45, 7) is 4.97. The minimum absolute atomic E-state index is 0.0950. The van der Waals surface area contributed by atoms with Crippen LogP contribution in [0.1, 0.15) is 41.3 Å². The van der Waals surface area contributed by atoms with Gasteiger partial charge >= 0.3 is 0 Å². The average molecular weight is 339 g/mol. The van der Waals surface area contributed by atoms with Gasteiger partial charge in [-0.25, -0.2) is 0 Å². The van der Waals surface area contributed by atoms with E-state index in [1.165, 1.54) is 0 Å². The molecule has 4 rings (SSSR count). The summed E-state index contributed by atoms with van der Waals surface area (Å²) >= 11 is 0. The van der Waals surface area contributed by atoms with Gasteiger partial charge in [0.2, 0.25) is 6.79 Å². The molecule has 25 heavy (non-hydrogen) atoms. The van der Waals surface area contributed by atoms with E-state index in [4.69, 9.17) is 14.2 Å². The Hall–Kier alpha value is -2.69. The number of ether oxygens (including phenoxy) is 3. The van der Waals surface area contributed by atoms with Crippen LogP contribution in [0.5, 0.6) is 17.2 Å². The molecule has 0 aliphatic carbocycles. The highest BCUT2D eigenvalue weighted by atomic mass is 16.7. The quantitative estimate of drug-likeness (QED) is 0.929. The van der Waals surface area contributed by atoms with Crippen molar-refractivity contribution in [1.29, 1.82) is 0 Å². The Morgan fingerprint density at radius 1 is 1.16 bits per heavy atom. The van der Waals surface area contributed by atoms with Crippen LogP contribution in [-0.2, 0) is 6.42 Å². The first kappa shape index (κ1) is 15.8. The lowest BCUT2D eigenvalue weighted by Gasteiger charge is -2.10. The van der Waals surface area contributed by atoms with Gasteiger partial charge in [0.25, 0.3) is 5.91 Å². The molecule has 5 nitrogen and oxygen atoms in total. The molecule has 0 spiro atoms. The van der Waals surface area contributed by atoms with E-state index in [1.54, 1.807) is 0 Å². The molecule has 2 aromatic carbocycles. The van der Waals surface area contributed by atoms with Crippen LogP contribution in [0, 0.1) is 0 Å². The van der Waals surface area contributed by atoms with Gasteiger partial charge in [-0.05, 0) is 37.1 Å². The highest BCUT2D eigenvalue weighted by Gasteiger charge is 2.30. The second-order valence-corrected chi connectivity index (χ2v) is 6.53. The summed E-state index contributed by atoms with van der Waals surface area (Å²) in [5, 5.41) is 2.98. The maximum atomic E-state index is 12.6. The van der Waals surface area contributed by atoms with Crippen LogP contribution in [0.15, 0.2) is 36.4 Å². The predicted octanol–water partition coefficient (Wildman–Crippen LogP) is 3.27. The van der Waals surface area contributed by atoms with Crippen molar-refractivity contribution >= 4 is 5.91 Å². The summed E-state index contributed by atoms with van der Waals surface area (Å²) in [5.41, 5.74) is 2.82. The maximum Gasteiger partial charge on any atom is 0.255 e. The molecule has 130 valence electrons. The van der Waals surface area contributed by atoms with Crippen LogP contribution in [0.4, 0.5) is 0 Å². The lowest BCUT2D eigenvalue weighted by atomic mass is 9.97. The Kier molecular flexibility index (Phi) is 3.99. The van der Waals surface area contributed by atoms with Crippen molar-refractivity contribution in [3.63, 3.8) is 0 Å². The predicted molar refractivity (Wildman–Crippen MR) is 93.5 cm³/mol. The lowest BCUT2D eigenvalue weighted by molar-refractivity contribution is 0.0949. The van der Waals surface area contributed by atoms with Crippen LogP contribution in [-0.4, -0.2) is 25.3 Å². The fraction of sp³-hybridized carbons (Fsp3) is 0.350. The SMILES string of the molecule is CC1Oc2c(C(=O)NCCc3ccc4c(c3)OCO4)cccc2C1C. The molecule has 0 saturated carbocycles. The van der Waals surface area contributed by atoms with Gasteiger partial charge in [0, 0.05) is 18.0 Å². The Bertz CT molecular complexity index is 817. The molecular formula is C20H21NO4. The first-order chi connectivity index (χ1) is 12.1. The summed E-state index contributed by atoms with van der Waals surface area (Å²) in [6.07, 6.45) is 0.822. The third-order valence-corrected chi connectivity index (χ3v) is 4.92. The minimum atomic E-state index is -0.0982. The summed E-state index contributed by atoms with van der Waals surface area (Å²) in [6, 6.07) is 11.6. The van der Waals surface area contributed by atoms with Gasteiger partial charge in [-0.15, -0.1) is 0 Å². The second kappa shape index (κ2) is 6.31. The third-order valence-electron chi connectivity index (χ3n) is 4.92. The summed E-state index contributed by atoms with van der Waals surface area (Å²) < 4.78 is 16.6. The Labute approximate surface area is 146 Å². The molecule has 2 unspecified atom stereocenters. The van der Waals surface area contributed by atoms with Crippen molar-refractivity contribution in [1.82, 2.24) is 5.32 Å². The number of fused-ring (bicyclic) bond motifs is 2. The number of hydrogen-bond donors (Lipinski definition) is 1. The van der Waals surface area contributed by atoms with E-state index in [-0.39, 0.29) is 18.8 Å². The van der Waals surface area contributed by atoms with E-state index in [9.17, 15) is 4.79 Å². The zero-order chi connectivity index (χ0) is 17.4. The van der Waals surface area contributed by atoms with Crippen molar-refractivity contribution in [2.24, 2.45) is 0 Å². The molecule has 2 heterocycles. The Morgan fingerprint density at radius 3 is 2.88 bits per heavy atom. The molecule has 0 bridgehead atoms. The molecular weight excluding hydrogens is 318 g/mol. The maximum absolute atomic E-state index is 12.6. The molecule has 1 amide bonds. The van der Waals surface area contributed by atoms with Gasteiger partial charge < -0.3 is 19.5 Å². The summed E-state index contributed by atoms with van der Waals surface area (Å²) in [7, 11) is 0. The van der Waals surface area contributed by atoms with Crippen LogP contribution in [0.3, 0.4) is 0 Å². The van der Waals surface area contributed by atoms with Gasteiger partial charge in [-0.3, -0.25) is 4.79 Å². The molecule has 2 atom stereocenters. The van der Waals surface area contributed by atoms with E-state index in [2.05, 4.69) is 12.2 Å². The van der Waals surface area contributed by atoms with Crippen molar-refractivity contribution in [2.75, 3.05) is 13.3 Å². The highest BCUT2D eigenvalue weighted by molar-refractivity contribution is 5.97. The zero-order valence-electron chi connectivity index (χ0n) is 14.4. The van der Waals surface area contributed by atoms with Gasteiger partial charge in [0.1, 0.15) is 11.9 Å². The van der Waals surface area contributed by atoms with Crippen molar-refractivity contribution in [2.45, 2.75) is 32.3 Å². The van der Waals surface area contributed by atoms with E-state index >= 15 is 0 Å². The molecule has 2 aromatic rings. The van der Waals surface area contributed by atoms with Gasteiger partial charge in [0.15, 0.2) is 11.5 Å². The fourth-order valence-electron chi connectivity index (χ4n) is 3.28. The van der Waals surface area contributed by atoms with E-state index in [1.807, 2.05) is 43.3 Å². The normalized spacial score (nSPS) is 20.1. The van der Waals surface area contributed by atoms with Crippen molar-refractivity contribution in [3.8, 4) is 17.2 Å². The smallest absolute Gasteiger partial charge is 0.255 e. The number of para-hydroxylation sites is 1. The standard InChI is InChI=1S/C20H21NO4/c1-12-13(2)25-19-15(12)4-3-5-16(19)20(22)21-9-8-14-6-7-17-18(10-14)24-11-23-17/h3-7,10,12-13H,8-9,11H2,1-2H3,(H,21,22). The van der Waals surface area contributed by atoms with Gasteiger partial charge in [-0.1, -0.05) is 25.1 Å². The van der Waals surface area contributed by atoms with Gasteiger partial charge in [0.05, 0.1) is 5.56 Å². The fourth-order valence-corrected chi connectivity index (χ4v) is 3.28. The molecule has 2 aliphatic rings. The Morgan fingerprint density at radius 2 is 2.00 bits per heavy atom. The van der Waals surface area contributed by atoms with Crippen LogP contribution in [0.25, 0.3) is 0 Å². The largest absolute Gasteiger partial charge is 0.489 e. The molecule has 5 heteroatoms. The first-order valence-electron chi connectivity index (χ1n) is 8.60. The number of carbonyl (C=O) groups is 1. The topological polar surface area (TPSA) is 56.8 Å². The average Bonchev–Trinajstić information content (AvgIpc) is 3.19. The van der Waals surface area contributed by atoms with Gasteiger partial charge in [-0.2, -0.15) is 0 Å². The second-order valence-electron chi connectivity index (χ2n) is 6.53. The minimum Gasteiger partial charge on any atom is -0.489 e. The van der Waals surface area contributed by atoms with E-state index in [0.717, 1.165) is 34.8 Å².